The molecule has 2 aliphatic heterocycles. The van der Waals surface area contributed by atoms with Gasteiger partial charge in [-0.3, -0.25) is 14.5 Å². The molecule has 0 bridgehead atoms. The van der Waals surface area contributed by atoms with Crippen molar-refractivity contribution in [2.24, 2.45) is 0 Å². The lowest BCUT2D eigenvalue weighted by atomic mass is 10.2. The van der Waals surface area contributed by atoms with Crippen molar-refractivity contribution in [2.75, 3.05) is 13.3 Å². The monoisotopic (exact) mass is 369 g/mol. The Bertz CT molecular complexity index is 908. The van der Waals surface area contributed by atoms with E-state index < -0.39 is 5.91 Å². The van der Waals surface area contributed by atoms with Crippen LogP contribution in [0, 0.1) is 0 Å². The van der Waals surface area contributed by atoms with Crippen molar-refractivity contribution in [3.8, 4) is 11.5 Å². The summed E-state index contributed by atoms with van der Waals surface area (Å²) in [7, 11) is 0. The fourth-order valence-corrected chi connectivity index (χ4v) is 3.56. The number of rotatable bonds is 5. The largest absolute Gasteiger partial charge is 0.454 e. The second-order valence-electron chi connectivity index (χ2n) is 7.06. The second kappa shape index (κ2) is 7.44. The third-order valence-corrected chi connectivity index (χ3v) is 5.17. The number of amides is 1. The van der Waals surface area contributed by atoms with Gasteiger partial charge in [-0.1, -0.05) is 6.07 Å². The highest BCUT2D eigenvalue weighted by atomic mass is 16.7. The molecule has 0 radical (unpaired) electrons. The zero-order valence-corrected chi connectivity index (χ0v) is 15.3. The number of carbonyl (C=O) groups excluding carboxylic acids is 1. The van der Waals surface area contributed by atoms with E-state index in [0.717, 1.165) is 17.8 Å². The van der Waals surface area contributed by atoms with Crippen LogP contribution in [0.2, 0.25) is 0 Å². The van der Waals surface area contributed by atoms with Crippen molar-refractivity contribution in [2.45, 2.75) is 38.9 Å². The average Bonchev–Trinajstić information content (AvgIpc) is 3.28. The first-order chi connectivity index (χ1) is 13.1. The number of hydrogen-bond donors (Lipinski definition) is 2. The van der Waals surface area contributed by atoms with Gasteiger partial charge < -0.3 is 19.8 Å². The van der Waals surface area contributed by atoms with Crippen LogP contribution < -0.4 is 20.3 Å². The van der Waals surface area contributed by atoms with Gasteiger partial charge in [0.2, 0.25) is 6.79 Å². The van der Waals surface area contributed by atoms with E-state index >= 15 is 0 Å². The van der Waals surface area contributed by atoms with Crippen LogP contribution in [0.5, 0.6) is 11.5 Å². The Balaban J connectivity index is 1.39. The van der Waals surface area contributed by atoms with E-state index in [1.807, 2.05) is 24.3 Å². The predicted octanol–water partition coefficient (Wildman–Crippen LogP) is 2.02. The highest BCUT2D eigenvalue weighted by Crippen LogP contribution is 2.32. The number of hydrogen-bond acceptors (Lipinski definition) is 5. The van der Waals surface area contributed by atoms with Crippen LogP contribution in [0.25, 0.3) is 0 Å². The SMILES string of the molecule is C[C@@H]1CCCN1Cc1ccc(C(=O)NCc2ccc3c(c2)OCO3)c(=O)[nH]1. The quantitative estimate of drug-likeness (QED) is 0.842. The van der Waals surface area contributed by atoms with E-state index in [2.05, 4.69) is 22.1 Å². The Labute approximate surface area is 157 Å². The van der Waals surface area contributed by atoms with E-state index in [0.29, 0.717) is 30.6 Å². The number of nitrogens with one attached hydrogen (secondary N) is 2. The second-order valence-corrected chi connectivity index (χ2v) is 7.06. The first-order valence-corrected chi connectivity index (χ1v) is 9.23. The molecule has 0 spiro atoms. The van der Waals surface area contributed by atoms with Crippen molar-refractivity contribution < 1.29 is 14.3 Å². The van der Waals surface area contributed by atoms with Gasteiger partial charge in [0.1, 0.15) is 5.56 Å². The van der Waals surface area contributed by atoms with Crippen LogP contribution >= 0.6 is 0 Å². The van der Waals surface area contributed by atoms with Crippen LogP contribution in [0.4, 0.5) is 0 Å². The Morgan fingerprint density at radius 2 is 2.11 bits per heavy atom. The van der Waals surface area contributed by atoms with Crippen LogP contribution in [-0.4, -0.2) is 35.2 Å². The molecule has 4 rings (SSSR count). The first kappa shape index (κ1) is 17.6. The summed E-state index contributed by atoms with van der Waals surface area (Å²) in [5.74, 6) is 0.972. The van der Waals surface area contributed by atoms with Crippen molar-refractivity contribution in [3.05, 3.63) is 57.5 Å². The van der Waals surface area contributed by atoms with E-state index in [4.69, 9.17) is 9.47 Å². The van der Waals surface area contributed by atoms with E-state index in [9.17, 15) is 9.59 Å². The summed E-state index contributed by atoms with van der Waals surface area (Å²) >= 11 is 0. The molecular formula is C20H23N3O4. The summed E-state index contributed by atoms with van der Waals surface area (Å²) in [6.45, 7) is 4.46. The van der Waals surface area contributed by atoms with Gasteiger partial charge in [0.15, 0.2) is 11.5 Å². The number of H-pyrrole nitrogens is 1. The van der Waals surface area contributed by atoms with Gasteiger partial charge in [-0.15, -0.1) is 0 Å². The minimum Gasteiger partial charge on any atom is -0.454 e. The average molecular weight is 369 g/mol. The number of nitrogens with zero attached hydrogens (tertiary/aromatic N) is 1. The van der Waals surface area contributed by atoms with Gasteiger partial charge in [0.25, 0.3) is 11.5 Å². The van der Waals surface area contributed by atoms with Gasteiger partial charge in [0, 0.05) is 24.8 Å². The standard InChI is InChI=1S/C20H23N3O4/c1-13-3-2-8-23(13)11-15-5-6-16(20(25)22-15)19(24)21-10-14-4-7-17-18(9-14)27-12-26-17/h4-7,9,13H,2-3,8,10-12H2,1H3,(H,21,24)(H,22,25)/t13-/m1/s1. The molecule has 2 aromatic rings. The van der Waals surface area contributed by atoms with Crippen molar-refractivity contribution in [1.29, 1.82) is 0 Å². The lowest BCUT2D eigenvalue weighted by Crippen LogP contribution is -2.31. The molecular weight excluding hydrogens is 346 g/mol. The van der Waals surface area contributed by atoms with Crippen LogP contribution in [0.15, 0.2) is 35.1 Å². The number of fused-ring (bicyclic) bond motifs is 1. The molecule has 7 heteroatoms. The maximum Gasteiger partial charge on any atom is 0.261 e. The third kappa shape index (κ3) is 3.83. The highest BCUT2D eigenvalue weighted by molar-refractivity contribution is 5.93. The molecule has 7 nitrogen and oxygen atoms in total. The molecule has 27 heavy (non-hydrogen) atoms. The summed E-state index contributed by atoms with van der Waals surface area (Å²) in [5.41, 5.74) is 1.47. The molecule has 0 saturated carbocycles. The van der Waals surface area contributed by atoms with Gasteiger partial charge in [-0.05, 0) is 56.1 Å². The topological polar surface area (TPSA) is 83.7 Å². The van der Waals surface area contributed by atoms with E-state index in [1.165, 1.54) is 12.8 Å². The summed E-state index contributed by atoms with van der Waals surface area (Å²) in [6, 6.07) is 9.44. The van der Waals surface area contributed by atoms with Gasteiger partial charge in [-0.2, -0.15) is 0 Å². The predicted molar refractivity (Wildman–Crippen MR) is 99.9 cm³/mol. The number of ether oxygens (including phenoxy) is 2. The van der Waals surface area contributed by atoms with Crippen LogP contribution in [0.1, 0.15) is 41.4 Å². The molecule has 1 amide bonds. The zero-order chi connectivity index (χ0) is 18.8. The summed E-state index contributed by atoms with van der Waals surface area (Å²) in [5, 5.41) is 2.78. The van der Waals surface area contributed by atoms with E-state index in [1.54, 1.807) is 6.07 Å². The van der Waals surface area contributed by atoms with Gasteiger partial charge in [-0.25, -0.2) is 0 Å². The number of aromatic amines is 1. The van der Waals surface area contributed by atoms with Gasteiger partial charge >= 0.3 is 0 Å². The lowest BCUT2D eigenvalue weighted by Gasteiger charge is -2.20. The first-order valence-electron chi connectivity index (χ1n) is 9.23. The minimum absolute atomic E-state index is 0.119. The fourth-order valence-electron chi connectivity index (χ4n) is 3.56. The summed E-state index contributed by atoms with van der Waals surface area (Å²) in [6.07, 6.45) is 2.37. The minimum atomic E-state index is -0.394. The molecule has 1 aromatic heterocycles. The van der Waals surface area contributed by atoms with E-state index in [-0.39, 0.29) is 17.9 Å². The normalized spacial score (nSPS) is 18.6. The third-order valence-electron chi connectivity index (χ3n) is 5.17. The molecule has 142 valence electrons. The molecule has 1 atom stereocenters. The molecule has 1 aromatic carbocycles. The van der Waals surface area contributed by atoms with Crippen molar-refractivity contribution >= 4 is 5.91 Å². The lowest BCUT2D eigenvalue weighted by molar-refractivity contribution is 0.0949. The molecule has 2 N–H and O–H groups in total. The van der Waals surface area contributed by atoms with Crippen molar-refractivity contribution in [1.82, 2.24) is 15.2 Å². The fraction of sp³-hybridized carbons (Fsp3) is 0.400. The molecule has 0 unspecified atom stereocenters. The van der Waals surface area contributed by atoms with Crippen molar-refractivity contribution in [3.63, 3.8) is 0 Å². The summed E-state index contributed by atoms with van der Waals surface area (Å²) in [4.78, 5) is 29.9. The Morgan fingerprint density at radius 1 is 1.26 bits per heavy atom. The Morgan fingerprint density at radius 3 is 2.89 bits per heavy atom. The van der Waals surface area contributed by atoms with Gasteiger partial charge in [0.05, 0.1) is 0 Å². The summed E-state index contributed by atoms with van der Waals surface area (Å²) < 4.78 is 10.6. The number of likely N-dealkylation sites (tertiary alicyclic amines) is 1. The maximum absolute atomic E-state index is 12.4. The van der Waals surface area contributed by atoms with Crippen LogP contribution in [-0.2, 0) is 13.1 Å². The number of aromatic nitrogens is 1. The van der Waals surface area contributed by atoms with Crippen LogP contribution in [0.3, 0.4) is 0 Å². The Hall–Kier alpha value is -2.80. The number of benzene rings is 1. The smallest absolute Gasteiger partial charge is 0.261 e. The number of carbonyl (C=O) groups is 1. The molecule has 2 aliphatic rings. The molecule has 3 heterocycles. The molecule has 1 fully saturated rings. The number of pyridine rings is 1. The maximum atomic E-state index is 12.4. The highest BCUT2D eigenvalue weighted by Gasteiger charge is 2.21. The zero-order valence-electron chi connectivity index (χ0n) is 15.3. The molecule has 1 saturated heterocycles. The Kier molecular flexibility index (Phi) is 4.85. The molecule has 0 aliphatic carbocycles.